The molecule has 0 spiro atoms. The molecular weight excluding hydrogens is 272 g/mol. The summed E-state index contributed by atoms with van der Waals surface area (Å²) in [5.74, 6) is -0.906. The van der Waals surface area contributed by atoms with Crippen molar-refractivity contribution in [2.45, 2.75) is 44.4 Å². The predicted octanol–water partition coefficient (Wildman–Crippen LogP) is 4.16. The first-order valence-electron chi connectivity index (χ1n) is 7.36. The summed E-state index contributed by atoms with van der Waals surface area (Å²) >= 11 is 0. The fraction of sp³-hybridized carbons (Fsp3) is 0.438. The maximum absolute atomic E-state index is 13.5. The summed E-state index contributed by atoms with van der Waals surface area (Å²) in [5, 5.41) is 7.12. The number of nitrogens with one attached hydrogen (secondary N) is 1. The van der Waals surface area contributed by atoms with E-state index in [0.717, 1.165) is 43.9 Å². The lowest BCUT2D eigenvalue weighted by atomic mass is 9.77. The molecule has 0 amide bonds. The topological polar surface area (TPSA) is 54.7 Å². The van der Waals surface area contributed by atoms with E-state index in [-0.39, 0.29) is 5.41 Å². The molecule has 112 valence electrons. The summed E-state index contributed by atoms with van der Waals surface area (Å²) < 4.78 is 27.1. The molecule has 0 bridgehead atoms. The first-order valence-corrected chi connectivity index (χ1v) is 7.36. The number of aromatic nitrogens is 2. The average molecular weight is 291 g/mol. The minimum atomic E-state index is -0.603. The molecule has 1 aromatic carbocycles. The van der Waals surface area contributed by atoms with Crippen molar-refractivity contribution in [3.05, 3.63) is 35.5 Å². The second-order valence-electron chi connectivity index (χ2n) is 5.86. The highest BCUT2D eigenvalue weighted by Gasteiger charge is 2.38. The van der Waals surface area contributed by atoms with Crippen molar-refractivity contribution < 1.29 is 8.78 Å². The van der Waals surface area contributed by atoms with E-state index in [1.54, 1.807) is 0 Å². The third kappa shape index (κ3) is 2.30. The number of H-pyrrole nitrogens is 1. The van der Waals surface area contributed by atoms with Crippen LogP contribution in [-0.2, 0) is 5.41 Å². The van der Waals surface area contributed by atoms with Gasteiger partial charge in [-0.3, -0.25) is 5.10 Å². The number of aromatic amines is 1. The van der Waals surface area contributed by atoms with Gasteiger partial charge in [0.25, 0.3) is 0 Å². The molecule has 3 N–H and O–H groups in total. The summed E-state index contributed by atoms with van der Waals surface area (Å²) in [5.41, 5.74) is 7.98. The van der Waals surface area contributed by atoms with E-state index in [2.05, 4.69) is 17.1 Å². The fourth-order valence-electron chi connectivity index (χ4n) is 3.56. The zero-order chi connectivity index (χ0) is 15.0. The van der Waals surface area contributed by atoms with Crippen molar-refractivity contribution in [2.75, 3.05) is 5.73 Å². The van der Waals surface area contributed by atoms with Crippen molar-refractivity contribution in [1.29, 1.82) is 0 Å². The number of halogens is 2. The highest BCUT2D eigenvalue weighted by Crippen LogP contribution is 2.47. The van der Waals surface area contributed by atoms with E-state index < -0.39 is 11.6 Å². The van der Waals surface area contributed by atoms with E-state index in [1.165, 1.54) is 12.1 Å². The van der Waals surface area contributed by atoms with Crippen LogP contribution in [0.5, 0.6) is 0 Å². The normalized spacial score (nSPS) is 17.3. The largest absolute Gasteiger partial charge is 0.382 e. The highest BCUT2D eigenvalue weighted by atomic mass is 19.1. The SMILES string of the molecule is CCC1(c2[nH]nc(N)c2-c2cc(F)cc(F)c2)CCCC1. The number of rotatable bonds is 3. The molecule has 0 unspecified atom stereocenters. The summed E-state index contributed by atoms with van der Waals surface area (Å²) in [6.07, 6.45) is 5.37. The van der Waals surface area contributed by atoms with E-state index in [4.69, 9.17) is 5.73 Å². The lowest BCUT2D eigenvalue weighted by molar-refractivity contribution is 0.413. The lowest BCUT2D eigenvalue weighted by Gasteiger charge is -2.27. The number of hydrogen-bond acceptors (Lipinski definition) is 2. The Kier molecular flexibility index (Phi) is 3.43. The van der Waals surface area contributed by atoms with Crippen LogP contribution in [0, 0.1) is 11.6 Å². The van der Waals surface area contributed by atoms with Crippen molar-refractivity contribution in [1.82, 2.24) is 10.2 Å². The molecule has 1 fully saturated rings. The molecule has 3 nitrogen and oxygen atoms in total. The lowest BCUT2D eigenvalue weighted by Crippen LogP contribution is -2.22. The van der Waals surface area contributed by atoms with Gasteiger partial charge in [-0.1, -0.05) is 19.8 Å². The minimum Gasteiger partial charge on any atom is -0.382 e. The second kappa shape index (κ2) is 5.13. The zero-order valence-corrected chi connectivity index (χ0v) is 12.0. The minimum absolute atomic E-state index is 0.0112. The second-order valence-corrected chi connectivity index (χ2v) is 5.86. The fourth-order valence-corrected chi connectivity index (χ4v) is 3.56. The molecule has 0 saturated heterocycles. The van der Waals surface area contributed by atoms with Gasteiger partial charge in [0, 0.05) is 17.0 Å². The Bertz CT molecular complexity index is 637. The van der Waals surface area contributed by atoms with Crippen LogP contribution in [0.4, 0.5) is 14.6 Å². The Hall–Kier alpha value is -1.91. The molecule has 1 aliphatic rings. The van der Waals surface area contributed by atoms with Crippen LogP contribution in [0.15, 0.2) is 18.2 Å². The van der Waals surface area contributed by atoms with Crippen LogP contribution in [0.25, 0.3) is 11.1 Å². The van der Waals surface area contributed by atoms with Crippen molar-refractivity contribution >= 4 is 5.82 Å². The molecular formula is C16H19F2N3. The monoisotopic (exact) mass is 291 g/mol. The number of benzene rings is 1. The molecule has 0 aliphatic heterocycles. The number of hydrogen-bond donors (Lipinski definition) is 2. The van der Waals surface area contributed by atoms with Gasteiger partial charge in [-0.05, 0) is 37.0 Å². The van der Waals surface area contributed by atoms with Gasteiger partial charge in [0.15, 0.2) is 5.82 Å². The van der Waals surface area contributed by atoms with Gasteiger partial charge in [0.05, 0.1) is 5.69 Å². The highest BCUT2D eigenvalue weighted by molar-refractivity contribution is 5.77. The molecule has 1 aromatic heterocycles. The van der Waals surface area contributed by atoms with E-state index in [0.29, 0.717) is 16.9 Å². The van der Waals surface area contributed by atoms with E-state index in [9.17, 15) is 8.78 Å². The van der Waals surface area contributed by atoms with Gasteiger partial charge in [-0.15, -0.1) is 0 Å². The van der Waals surface area contributed by atoms with Crippen molar-refractivity contribution in [3.8, 4) is 11.1 Å². The van der Waals surface area contributed by atoms with Gasteiger partial charge in [0.2, 0.25) is 0 Å². The first kappa shape index (κ1) is 14.0. The number of nitrogens with zero attached hydrogens (tertiary/aromatic N) is 1. The van der Waals surface area contributed by atoms with E-state index >= 15 is 0 Å². The quantitative estimate of drug-likeness (QED) is 0.892. The number of nitrogens with two attached hydrogens (primary N) is 1. The molecule has 3 rings (SSSR count). The van der Waals surface area contributed by atoms with Crippen LogP contribution >= 0.6 is 0 Å². The van der Waals surface area contributed by atoms with Gasteiger partial charge in [-0.2, -0.15) is 5.10 Å². The van der Waals surface area contributed by atoms with Crippen LogP contribution in [0.3, 0.4) is 0 Å². The summed E-state index contributed by atoms with van der Waals surface area (Å²) in [6, 6.07) is 3.49. The van der Waals surface area contributed by atoms with Crippen molar-refractivity contribution in [2.24, 2.45) is 0 Å². The number of nitrogen functional groups attached to an aromatic ring is 1. The molecule has 0 radical (unpaired) electrons. The van der Waals surface area contributed by atoms with Crippen LogP contribution in [-0.4, -0.2) is 10.2 Å². The third-order valence-corrected chi connectivity index (χ3v) is 4.71. The molecule has 2 aromatic rings. The average Bonchev–Trinajstić information content (AvgIpc) is 3.04. The van der Waals surface area contributed by atoms with Gasteiger partial charge >= 0.3 is 0 Å². The van der Waals surface area contributed by atoms with Gasteiger partial charge in [-0.25, -0.2) is 8.78 Å². The molecule has 1 heterocycles. The Balaban J connectivity index is 2.17. The smallest absolute Gasteiger partial charge is 0.153 e. The summed E-state index contributed by atoms with van der Waals surface area (Å²) in [7, 11) is 0. The Morgan fingerprint density at radius 3 is 2.38 bits per heavy atom. The number of anilines is 1. The van der Waals surface area contributed by atoms with Gasteiger partial charge in [0.1, 0.15) is 11.6 Å². The maximum Gasteiger partial charge on any atom is 0.153 e. The summed E-state index contributed by atoms with van der Waals surface area (Å²) in [4.78, 5) is 0. The zero-order valence-electron chi connectivity index (χ0n) is 12.0. The standard InChI is InChI=1S/C16H19F2N3/c1-2-16(5-3-4-6-16)14-13(15(19)21-20-14)10-7-11(17)9-12(18)8-10/h7-9H,2-6H2,1H3,(H3,19,20,21). The molecule has 1 aliphatic carbocycles. The molecule has 21 heavy (non-hydrogen) atoms. The third-order valence-electron chi connectivity index (χ3n) is 4.71. The predicted molar refractivity (Wildman–Crippen MR) is 78.8 cm³/mol. The molecule has 1 saturated carbocycles. The van der Waals surface area contributed by atoms with Crippen LogP contribution in [0.1, 0.15) is 44.7 Å². The van der Waals surface area contributed by atoms with Crippen LogP contribution in [0.2, 0.25) is 0 Å². The summed E-state index contributed by atoms with van der Waals surface area (Å²) in [6.45, 7) is 2.14. The first-order chi connectivity index (χ1) is 10.1. The Labute approximate surface area is 122 Å². The van der Waals surface area contributed by atoms with E-state index in [1.807, 2.05) is 0 Å². The Morgan fingerprint density at radius 2 is 1.81 bits per heavy atom. The van der Waals surface area contributed by atoms with Crippen molar-refractivity contribution in [3.63, 3.8) is 0 Å². The maximum atomic E-state index is 13.5. The molecule has 0 atom stereocenters. The van der Waals surface area contributed by atoms with Crippen LogP contribution < -0.4 is 5.73 Å². The molecule has 5 heteroatoms. The van der Waals surface area contributed by atoms with Gasteiger partial charge < -0.3 is 5.73 Å². The Morgan fingerprint density at radius 1 is 1.19 bits per heavy atom.